The predicted molar refractivity (Wildman–Crippen MR) is 134 cm³/mol. The van der Waals surface area contributed by atoms with Crippen molar-refractivity contribution in [3.8, 4) is 0 Å². The Morgan fingerprint density at radius 2 is 1.71 bits per heavy atom. The van der Waals surface area contributed by atoms with E-state index in [1.807, 2.05) is 30.3 Å². The molecule has 0 saturated carbocycles. The summed E-state index contributed by atoms with van der Waals surface area (Å²) >= 11 is 0. The SMILES string of the molecule is COC(=O)CCC(F)(F)CCCN1C(=O)N(Cc2ccccc2)C[C@@H]1C=CC(O)C(F)(F)c1ccccc1. The van der Waals surface area contributed by atoms with E-state index in [2.05, 4.69) is 4.74 Å². The van der Waals surface area contributed by atoms with Crippen LogP contribution >= 0.6 is 0 Å². The molecule has 3 rings (SSSR count). The maximum absolute atomic E-state index is 14.7. The molecule has 1 fully saturated rings. The van der Waals surface area contributed by atoms with Crippen molar-refractivity contribution in [3.05, 3.63) is 83.9 Å². The lowest BCUT2D eigenvalue weighted by Crippen LogP contribution is -2.36. The number of carbonyl (C=O) groups is 2. The van der Waals surface area contributed by atoms with Gasteiger partial charge in [-0.15, -0.1) is 0 Å². The Morgan fingerprint density at radius 3 is 2.34 bits per heavy atom. The molecule has 1 aliphatic heterocycles. The van der Waals surface area contributed by atoms with Gasteiger partial charge >= 0.3 is 17.9 Å². The average Bonchev–Trinajstić information content (AvgIpc) is 3.20. The fourth-order valence-corrected chi connectivity index (χ4v) is 4.29. The zero-order valence-electron chi connectivity index (χ0n) is 21.1. The van der Waals surface area contributed by atoms with Crippen molar-refractivity contribution in [1.82, 2.24) is 9.80 Å². The molecule has 0 bridgehead atoms. The first kappa shape index (κ1) is 29.2. The van der Waals surface area contributed by atoms with Crippen molar-refractivity contribution in [2.24, 2.45) is 0 Å². The summed E-state index contributed by atoms with van der Waals surface area (Å²) in [5.41, 5.74) is 0.506. The number of rotatable bonds is 13. The zero-order valence-corrected chi connectivity index (χ0v) is 21.1. The average molecular weight is 537 g/mol. The van der Waals surface area contributed by atoms with Crippen molar-refractivity contribution in [2.45, 2.75) is 56.2 Å². The van der Waals surface area contributed by atoms with Crippen molar-refractivity contribution in [3.63, 3.8) is 0 Å². The summed E-state index contributed by atoms with van der Waals surface area (Å²) in [6, 6.07) is 15.0. The van der Waals surface area contributed by atoms with Crippen molar-refractivity contribution in [2.75, 3.05) is 20.2 Å². The number of halogens is 4. The standard InChI is InChI=1S/C28H32F4N2O4/c1-38-25(36)15-17-27(29,30)16-8-18-34-23(20-33(26(34)37)19-21-9-4-2-5-10-21)13-14-24(35)28(31,32)22-11-6-3-7-12-22/h2-7,9-14,23-24,35H,8,15-20H2,1H3/t23-,24?/m0/s1. The summed E-state index contributed by atoms with van der Waals surface area (Å²) < 4.78 is 62.4. The molecule has 0 aliphatic carbocycles. The lowest BCUT2D eigenvalue weighted by atomic mass is 10.0. The van der Waals surface area contributed by atoms with Gasteiger partial charge in [0, 0.05) is 38.0 Å². The van der Waals surface area contributed by atoms with Crippen LogP contribution < -0.4 is 0 Å². The molecule has 2 aromatic carbocycles. The predicted octanol–water partition coefficient (Wildman–Crippen LogP) is 5.37. The minimum absolute atomic E-state index is 0.0435. The van der Waals surface area contributed by atoms with Crippen LogP contribution in [0.15, 0.2) is 72.8 Å². The van der Waals surface area contributed by atoms with Gasteiger partial charge < -0.3 is 19.6 Å². The molecule has 1 aliphatic rings. The number of amides is 2. The van der Waals surface area contributed by atoms with Crippen molar-refractivity contribution in [1.29, 1.82) is 0 Å². The molecule has 38 heavy (non-hydrogen) atoms. The van der Waals surface area contributed by atoms with Gasteiger partial charge in [-0.05, 0) is 12.0 Å². The van der Waals surface area contributed by atoms with E-state index in [4.69, 9.17) is 0 Å². The van der Waals surface area contributed by atoms with Crippen molar-refractivity contribution < 1.29 is 37.0 Å². The van der Waals surface area contributed by atoms with E-state index in [9.17, 15) is 32.3 Å². The fraction of sp³-hybridized carbons (Fsp3) is 0.429. The maximum Gasteiger partial charge on any atom is 0.320 e. The molecule has 2 amide bonds. The van der Waals surface area contributed by atoms with Crippen LogP contribution in [0.25, 0.3) is 0 Å². The van der Waals surface area contributed by atoms with Gasteiger partial charge in [0.25, 0.3) is 0 Å². The van der Waals surface area contributed by atoms with Gasteiger partial charge in [0.1, 0.15) is 6.10 Å². The van der Waals surface area contributed by atoms with Crippen LogP contribution in [0.2, 0.25) is 0 Å². The lowest BCUT2D eigenvalue weighted by molar-refractivity contribution is -0.143. The minimum atomic E-state index is -3.56. The minimum Gasteiger partial charge on any atom is -0.469 e. The van der Waals surface area contributed by atoms with Gasteiger partial charge in [-0.3, -0.25) is 4.79 Å². The summed E-state index contributed by atoms with van der Waals surface area (Å²) in [5, 5.41) is 10.3. The molecule has 1 saturated heterocycles. The quantitative estimate of drug-likeness (QED) is 0.212. The Balaban J connectivity index is 1.70. The number of aliphatic hydroxyl groups excluding tert-OH is 1. The van der Waals surface area contributed by atoms with E-state index < -0.39 is 55.3 Å². The molecule has 1 unspecified atom stereocenters. The van der Waals surface area contributed by atoms with Gasteiger partial charge in [0.15, 0.2) is 0 Å². The number of hydrogen-bond acceptors (Lipinski definition) is 4. The number of methoxy groups -OCH3 is 1. The second kappa shape index (κ2) is 12.9. The van der Waals surface area contributed by atoms with Crippen LogP contribution in [-0.4, -0.2) is 65.2 Å². The fourth-order valence-electron chi connectivity index (χ4n) is 4.29. The van der Waals surface area contributed by atoms with Crippen LogP contribution in [0.5, 0.6) is 0 Å². The summed E-state index contributed by atoms with van der Waals surface area (Å²) in [6.07, 6.45) is -1.57. The highest BCUT2D eigenvalue weighted by Crippen LogP contribution is 2.33. The van der Waals surface area contributed by atoms with E-state index in [0.717, 1.165) is 18.7 Å². The van der Waals surface area contributed by atoms with Crippen LogP contribution in [0.4, 0.5) is 22.4 Å². The zero-order chi connectivity index (χ0) is 27.8. The smallest absolute Gasteiger partial charge is 0.320 e. The Labute approximate surface area is 219 Å². The molecule has 0 radical (unpaired) electrons. The number of carbonyl (C=O) groups excluding carboxylic acids is 2. The first-order valence-corrected chi connectivity index (χ1v) is 12.4. The molecule has 0 spiro atoms. The summed E-state index contributed by atoms with van der Waals surface area (Å²) in [6.45, 7) is 0.364. The number of urea groups is 1. The van der Waals surface area contributed by atoms with Gasteiger partial charge in [-0.2, -0.15) is 8.78 Å². The molecule has 206 valence electrons. The second-order valence-corrected chi connectivity index (χ2v) is 9.26. The van der Waals surface area contributed by atoms with E-state index in [0.29, 0.717) is 0 Å². The molecule has 0 aromatic heterocycles. The molecule has 1 N–H and O–H groups in total. The second-order valence-electron chi connectivity index (χ2n) is 9.26. The Morgan fingerprint density at radius 1 is 1.08 bits per heavy atom. The number of hydrogen-bond donors (Lipinski definition) is 1. The lowest BCUT2D eigenvalue weighted by Gasteiger charge is -2.24. The number of aliphatic hydroxyl groups is 1. The number of nitrogens with zero attached hydrogens (tertiary/aromatic N) is 2. The monoisotopic (exact) mass is 536 g/mol. The maximum atomic E-state index is 14.7. The Hall–Kier alpha value is -3.40. The third-order valence-corrected chi connectivity index (χ3v) is 6.45. The summed E-state index contributed by atoms with van der Waals surface area (Å²) in [4.78, 5) is 27.2. The normalized spacial score (nSPS) is 17.3. The molecule has 2 aromatic rings. The molecule has 1 heterocycles. The number of benzene rings is 2. The van der Waals surface area contributed by atoms with Crippen LogP contribution in [0.3, 0.4) is 0 Å². The van der Waals surface area contributed by atoms with E-state index in [1.165, 1.54) is 40.1 Å². The summed E-state index contributed by atoms with van der Waals surface area (Å²) in [7, 11) is 1.13. The van der Waals surface area contributed by atoms with Gasteiger partial charge in [-0.1, -0.05) is 72.8 Å². The molecule has 2 atom stereocenters. The molecule has 6 nitrogen and oxygen atoms in total. The third kappa shape index (κ3) is 7.80. The highest BCUT2D eigenvalue weighted by atomic mass is 19.3. The van der Waals surface area contributed by atoms with Gasteiger partial charge in [-0.25, -0.2) is 13.6 Å². The first-order valence-electron chi connectivity index (χ1n) is 12.4. The number of ether oxygens (including phenoxy) is 1. The molecular formula is C28H32F4N2O4. The Kier molecular flexibility index (Phi) is 9.90. The third-order valence-electron chi connectivity index (χ3n) is 6.45. The van der Waals surface area contributed by atoms with Crippen molar-refractivity contribution >= 4 is 12.0 Å². The topological polar surface area (TPSA) is 70.1 Å². The van der Waals surface area contributed by atoms with E-state index in [1.54, 1.807) is 6.07 Å². The first-order chi connectivity index (χ1) is 18.0. The van der Waals surface area contributed by atoms with Crippen LogP contribution in [0, 0.1) is 0 Å². The number of alkyl halides is 4. The number of esters is 1. The molecule has 10 heteroatoms. The van der Waals surface area contributed by atoms with E-state index >= 15 is 0 Å². The van der Waals surface area contributed by atoms with Crippen LogP contribution in [-0.2, 0) is 22.0 Å². The highest BCUT2D eigenvalue weighted by Gasteiger charge is 2.40. The van der Waals surface area contributed by atoms with Crippen LogP contribution in [0.1, 0.15) is 36.8 Å². The summed E-state index contributed by atoms with van der Waals surface area (Å²) in [5.74, 6) is -7.41. The largest absolute Gasteiger partial charge is 0.469 e. The Bertz CT molecular complexity index is 1080. The molecular weight excluding hydrogens is 504 g/mol. The van der Waals surface area contributed by atoms with Gasteiger partial charge in [0.05, 0.1) is 19.6 Å². The highest BCUT2D eigenvalue weighted by molar-refractivity contribution is 5.77. The van der Waals surface area contributed by atoms with E-state index in [-0.39, 0.29) is 31.6 Å². The van der Waals surface area contributed by atoms with Gasteiger partial charge in [0.2, 0.25) is 5.92 Å².